The molecule has 1 amide bonds. The summed E-state index contributed by atoms with van der Waals surface area (Å²) in [5, 5.41) is 13.0. The molecule has 0 atom stereocenters. The largest absolute Gasteiger partial charge is 0.388 e. The number of rotatable bonds is 5. The fourth-order valence-electron chi connectivity index (χ4n) is 2.72. The number of benzene rings is 1. The van der Waals surface area contributed by atoms with Crippen LogP contribution in [0.5, 0.6) is 0 Å². The van der Waals surface area contributed by atoms with Gasteiger partial charge in [0.05, 0.1) is 5.60 Å². The zero-order valence-corrected chi connectivity index (χ0v) is 12.0. The molecule has 0 bridgehead atoms. The maximum atomic E-state index is 13.4. The molecule has 21 heavy (non-hydrogen) atoms. The molecular weight excluding hydrogens is 276 g/mol. The average molecular weight is 297 g/mol. The van der Waals surface area contributed by atoms with E-state index in [0.717, 1.165) is 37.5 Å². The summed E-state index contributed by atoms with van der Waals surface area (Å²) in [5.41, 5.74) is -0.612. The molecule has 3 nitrogen and oxygen atoms in total. The Kier molecular flexibility index (Phi) is 5.28. The van der Waals surface area contributed by atoms with Crippen LogP contribution in [0.2, 0.25) is 0 Å². The Morgan fingerprint density at radius 2 is 1.95 bits per heavy atom. The van der Waals surface area contributed by atoms with Crippen LogP contribution in [0.4, 0.5) is 8.78 Å². The number of carbonyl (C=O) groups is 1. The zero-order chi connectivity index (χ0) is 15.3. The highest BCUT2D eigenvalue weighted by atomic mass is 19.1. The van der Waals surface area contributed by atoms with Crippen LogP contribution < -0.4 is 5.32 Å². The smallest absolute Gasteiger partial charge is 0.220 e. The van der Waals surface area contributed by atoms with Crippen LogP contribution >= 0.6 is 0 Å². The van der Waals surface area contributed by atoms with E-state index in [1.807, 2.05) is 0 Å². The molecule has 0 saturated heterocycles. The monoisotopic (exact) mass is 297 g/mol. The number of aryl methyl sites for hydroxylation is 1. The Balaban J connectivity index is 1.78. The highest BCUT2D eigenvalue weighted by Gasteiger charge is 2.29. The van der Waals surface area contributed by atoms with Crippen LogP contribution in [0.25, 0.3) is 0 Å². The van der Waals surface area contributed by atoms with Gasteiger partial charge in [0.1, 0.15) is 11.6 Å². The topological polar surface area (TPSA) is 49.3 Å². The maximum Gasteiger partial charge on any atom is 0.220 e. The predicted octanol–water partition coefficient (Wildman–Crippen LogP) is 2.71. The Bertz CT molecular complexity index is 499. The van der Waals surface area contributed by atoms with Crippen molar-refractivity contribution in [2.24, 2.45) is 0 Å². The molecule has 1 aliphatic carbocycles. The van der Waals surface area contributed by atoms with Crippen LogP contribution in [-0.2, 0) is 11.2 Å². The third-order valence-corrected chi connectivity index (χ3v) is 4.03. The number of aliphatic hydroxyl groups is 1. The van der Waals surface area contributed by atoms with Gasteiger partial charge >= 0.3 is 0 Å². The molecule has 2 N–H and O–H groups in total. The molecule has 1 fully saturated rings. The lowest BCUT2D eigenvalue weighted by molar-refractivity contribution is -0.122. The van der Waals surface area contributed by atoms with Crippen molar-refractivity contribution in [2.75, 3.05) is 6.54 Å². The summed E-state index contributed by atoms with van der Waals surface area (Å²) in [6, 6.07) is 3.22. The van der Waals surface area contributed by atoms with Gasteiger partial charge in [-0.2, -0.15) is 0 Å². The van der Waals surface area contributed by atoms with E-state index in [4.69, 9.17) is 0 Å². The Hall–Kier alpha value is -1.49. The molecule has 1 aromatic carbocycles. The van der Waals surface area contributed by atoms with Gasteiger partial charge in [-0.1, -0.05) is 19.3 Å². The van der Waals surface area contributed by atoms with Crippen molar-refractivity contribution in [3.8, 4) is 0 Å². The number of nitrogens with one attached hydrogen (secondary N) is 1. The van der Waals surface area contributed by atoms with Crippen molar-refractivity contribution in [3.63, 3.8) is 0 Å². The van der Waals surface area contributed by atoms with Crippen LogP contribution in [0, 0.1) is 11.6 Å². The summed E-state index contributed by atoms with van der Waals surface area (Å²) in [6.07, 6.45) is 4.69. The third kappa shape index (κ3) is 4.77. The number of hydrogen-bond acceptors (Lipinski definition) is 2. The Morgan fingerprint density at radius 3 is 2.67 bits per heavy atom. The molecule has 116 valence electrons. The van der Waals surface area contributed by atoms with Gasteiger partial charge in [-0.15, -0.1) is 0 Å². The maximum absolute atomic E-state index is 13.4. The molecule has 0 radical (unpaired) electrons. The van der Waals surface area contributed by atoms with Gasteiger partial charge in [-0.25, -0.2) is 8.78 Å². The summed E-state index contributed by atoms with van der Waals surface area (Å²) < 4.78 is 26.4. The summed E-state index contributed by atoms with van der Waals surface area (Å²) in [7, 11) is 0. The second kappa shape index (κ2) is 6.98. The van der Waals surface area contributed by atoms with Gasteiger partial charge in [-0.3, -0.25) is 4.79 Å². The van der Waals surface area contributed by atoms with Crippen molar-refractivity contribution in [3.05, 3.63) is 35.4 Å². The first-order valence-corrected chi connectivity index (χ1v) is 7.42. The molecule has 0 unspecified atom stereocenters. The van der Waals surface area contributed by atoms with Gasteiger partial charge in [0.15, 0.2) is 0 Å². The van der Waals surface area contributed by atoms with E-state index < -0.39 is 17.2 Å². The molecule has 0 heterocycles. The Morgan fingerprint density at radius 1 is 1.24 bits per heavy atom. The minimum absolute atomic E-state index is 0.0798. The van der Waals surface area contributed by atoms with E-state index in [9.17, 15) is 18.7 Å². The molecule has 0 aromatic heterocycles. The summed E-state index contributed by atoms with van der Waals surface area (Å²) in [6.45, 7) is 0.234. The standard InChI is InChI=1S/C16H21F2NO2/c17-13-5-6-14(18)12(10-13)4-7-15(20)19-11-16(21)8-2-1-3-9-16/h5-6,10,21H,1-4,7-9,11H2,(H,19,20). The van der Waals surface area contributed by atoms with Gasteiger partial charge < -0.3 is 10.4 Å². The van der Waals surface area contributed by atoms with Crippen LogP contribution in [0.15, 0.2) is 18.2 Å². The molecule has 0 aliphatic heterocycles. The van der Waals surface area contributed by atoms with Gasteiger partial charge in [0.2, 0.25) is 5.91 Å². The zero-order valence-electron chi connectivity index (χ0n) is 12.0. The van der Waals surface area contributed by atoms with Gasteiger partial charge in [0, 0.05) is 13.0 Å². The molecule has 1 aliphatic rings. The fraction of sp³-hybridized carbons (Fsp3) is 0.562. The van der Waals surface area contributed by atoms with Gasteiger partial charge in [-0.05, 0) is 43.0 Å². The van der Waals surface area contributed by atoms with Crippen molar-refractivity contribution in [2.45, 2.75) is 50.5 Å². The van der Waals surface area contributed by atoms with Crippen molar-refractivity contribution in [1.82, 2.24) is 5.32 Å². The summed E-state index contributed by atoms with van der Waals surface area (Å²) >= 11 is 0. The lowest BCUT2D eigenvalue weighted by Gasteiger charge is -2.32. The first kappa shape index (κ1) is 15.9. The second-order valence-corrected chi connectivity index (χ2v) is 5.80. The predicted molar refractivity (Wildman–Crippen MR) is 75.7 cm³/mol. The molecular formula is C16H21F2NO2. The van der Waals surface area contributed by atoms with Crippen LogP contribution in [0.1, 0.15) is 44.1 Å². The molecule has 1 aromatic rings. The average Bonchev–Trinajstić information content (AvgIpc) is 2.47. The first-order valence-electron chi connectivity index (χ1n) is 7.42. The van der Waals surface area contributed by atoms with E-state index in [-0.39, 0.29) is 30.9 Å². The number of carbonyl (C=O) groups excluding carboxylic acids is 1. The quantitative estimate of drug-likeness (QED) is 0.878. The highest BCUT2D eigenvalue weighted by Crippen LogP contribution is 2.27. The fourth-order valence-corrected chi connectivity index (χ4v) is 2.72. The van der Waals surface area contributed by atoms with Crippen LogP contribution in [0.3, 0.4) is 0 Å². The molecule has 0 spiro atoms. The molecule has 5 heteroatoms. The van der Waals surface area contributed by atoms with Crippen molar-refractivity contribution >= 4 is 5.91 Å². The van der Waals surface area contributed by atoms with Crippen molar-refractivity contribution in [1.29, 1.82) is 0 Å². The summed E-state index contributed by atoms with van der Waals surface area (Å²) in [4.78, 5) is 11.8. The summed E-state index contributed by atoms with van der Waals surface area (Å²) in [5.74, 6) is -1.27. The van der Waals surface area contributed by atoms with Crippen molar-refractivity contribution < 1.29 is 18.7 Å². The normalized spacial score (nSPS) is 17.5. The second-order valence-electron chi connectivity index (χ2n) is 5.80. The van der Waals surface area contributed by atoms with E-state index in [1.54, 1.807) is 0 Å². The van der Waals surface area contributed by atoms with E-state index in [0.29, 0.717) is 12.8 Å². The van der Waals surface area contributed by atoms with E-state index in [1.165, 1.54) is 0 Å². The Labute approximate surface area is 123 Å². The minimum Gasteiger partial charge on any atom is -0.388 e. The van der Waals surface area contributed by atoms with E-state index in [2.05, 4.69) is 5.32 Å². The van der Waals surface area contributed by atoms with E-state index >= 15 is 0 Å². The lowest BCUT2D eigenvalue weighted by atomic mass is 9.85. The third-order valence-electron chi connectivity index (χ3n) is 4.03. The number of halogens is 2. The molecule has 2 rings (SSSR count). The number of amides is 1. The first-order chi connectivity index (χ1) is 9.98. The van der Waals surface area contributed by atoms with Crippen LogP contribution in [-0.4, -0.2) is 23.2 Å². The number of hydrogen-bond donors (Lipinski definition) is 2. The highest BCUT2D eigenvalue weighted by molar-refractivity contribution is 5.76. The molecule has 1 saturated carbocycles. The lowest BCUT2D eigenvalue weighted by Crippen LogP contribution is -2.44. The minimum atomic E-state index is -0.808. The SMILES string of the molecule is O=C(CCc1cc(F)ccc1F)NCC1(O)CCCCC1. The van der Waals surface area contributed by atoms with Gasteiger partial charge in [0.25, 0.3) is 0 Å².